The van der Waals surface area contributed by atoms with E-state index in [0.717, 1.165) is 0 Å². The summed E-state index contributed by atoms with van der Waals surface area (Å²) < 4.78 is 0. The van der Waals surface area contributed by atoms with Crippen LogP contribution in [0.1, 0.15) is 104 Å². The summed E-state index contributed by atoms with van der Waals surface area (Å²) in [7, 11) is 0. The van der Waals surface area contributed by atoms with E-state index < -0.39 is 0 Å². The number of unbranched alkanes of at least 4 members (excludes halogenated alkanes) is 11. The molecule has 20 heavy (non-hydrogen) atoms. The lowest BCUT2D eigenvalue weighted by Crippen LogP contribution is -1.76. The number of hydrogen-bond donors (Lipinski definition) is 0. The Morgan fingerprint density at radius 1 is 0.400 bits per heavy atom. The summed E-state index contributed by atoms with van der Waals surface area (Å²) in [5.74, 6) is 0. The van der Waals surface area contributed by atoms with Gasteiger partial charge in [0.15, 0.2) is 0 Å². The van der Waals surface area contributed by atoms with Crippen molar-refractivity contribution in [2.45, 2.75) is 104 Å². The second kappa shape index (κ2) is 18.5. The van der Waals surface area contributed by atoms with Crippen LogP contribution in [0, 0.1) is 0 Å². The Bertz CT molecular complexity index is 188. The Morgan fingerprint density at radius 3 is 1.15 bits per heavy atom. The fraction of sp³-hybridized carbons (Fsp3) is 0.800. The van der Waals surface area contributed by atoms with Gasteiger partial charge in [-0.15, -0.1) is 0 Å². The van der Waals surface area contributed by atoms with E-state index in [1.165, 1.54) is 89.9 Å². The number of allylic oxidation sites excluding steroid dienone is 4. The molecular formula is C20H38. The molecule has 0 aliphatic heterocycles. The molecule has 0 aromatic heterocycles. The lowest BCUT2D eigenvalue weighted by atomic mass is 10.1. The van der Waals surface area contributed by atoms with E-state index in [-0.39, 0.29) is 0 Å². The van der Waals surface area contributed by atoms with E-state index >= 15 is 0 Å². The van der Waals surface area contributed by atoms with Crippen molar-refractivity contribution in [3.63, 3.8) is 0 Å². The van der Waals surface area contributed by atoms with Gasteiger partial charge >= 0.3 is 0 Å². The zero-order valence-corrected chi connectivity index (χ0v) is 14.2. The van der Waals surface area contributed by atoms with Gasteiger partial charge in [-0.3, -0.25) is 0 Å². The molecule has 0 bridgehead atoms. The van der Waals surface area contributed by atoms with Gasteiger partial charge < -0.3 is 0 Å². The highest BCUT2D eigenvalue weighted by Crippen LogP contribution is 2.07. The SMILES string of the molecule is CCCCCCC/C=C\CC/C=C\CCCCCCC. The van der Waals surface area contributed by atoms with E-state index in [4.69, 9.17) is 0 Å². The Balaban J connectivity index is 3.13. The molecule has 0 heterocycles. The van der Waals surface area contributed by atoms with Gasteiger partial charge in [0.2, 0.25) is 0 Å². The second-order valence-electron chi connectivity index (χ2n) is 5.93. The van der Waals surface area contributed by atoms with Crippen LogP contribution < -0.4 is 0 Å². The van der Waals surface area contributed by atoms with Gasteiger partial charge in [-0.2, -0.15) is 0 Å². The predicted octanol–water partition coefficient (Wildman–Crippen LogP) is 7.60. The fourth-order valence-corrected chi connectivity index (χ4v) is 2.40. The molecule has 0 aliphatic carbocycles. The van der Waals surface area contributed by atoms with Crippen LogP contribution in [-0.2, 0) is 0 Å². The maximum atomic E-state index is 2.38. The van der Waals surface area contributed by atoms with Crippen molar-refractivity contribution in [1.82, 2.24) is 0 Å². The lowest BCUT2D eigenvalue weighted by molar-refractivity contribution is 0.636. The summed E-state index contributed by atoms with van der Waals surface area (Å²) in [6.45, 7) is 4.55. The monoisotopic (exact) mass is 278 g/mol. The van der Waals surface area contributed by atoms with Gasteiger partial charge in [-0.1, -0.05) is 89.5 Å². The highest BCUT2D eigenvalue weighted by Gasteiger charge is 1.87. The highest BCUT2D eigenvalue weighted by atomic mass is 13.9. The Labute approximate surface area is 128 Å². The number of hydrogen-bond acceptors (Lipinski definition) is 0. The first-order valence-corrected chi connectivity index (χ1v) is 9.21. The van der Waals surface area contributed by atoms with E-state index in [1.807, 2.05) is 0 Å². The summed E-state index contributed by atoms with van der Waals surface area (Å²) in [6.07, 6.45) is 28.4. The van der Waals surface area contributed by atoms with Crippen molar-refractivity contribution < 1.29 is 0 Å². The van der Waals surface area contributed by atoms with Gasteiger partial charge in [0.05, 0.1) is 0 Å². The van der Waals surface area contributed by atoms with Crippen molar-refractivity contribution in [2.75, 3.05) is 0 Å². The quantitative estimate of drug-likeness (QED) is 0.214. The van der Waals surface area contributed by atoms with Crippen LogP contribution in [0.25, 0.3) is 0 Å². The molecule has 0 heteroatoms. The minimum absolute atomic E-state index is 1.22. The summed E-state index contributed by atoms with van der Waals surface area (Å²) >= 11 is 0. The largest absolute Gasteiger partial charge is 0.0885 e. The minimum Gasteiger partial charge on any atom is -0.0885 e. The first kappa shape index (κ1) is 19.5. The summed E-state index contributed by atoms with van der Waals surface area (Å²) in [5, 5.41) is 0. The van der Waals surface area contributed by atoms with E-state index in [2.05, 4.69) is 38.2 Å². The maximum absolute atomic E-state index is 2.38. The average molecular weight is 279 g/mol. The highest BCUT2D eigenvalue weighted by molar-refractivity contribution is 4.88. The van der Waals surface area contributed by atoms with Gasteiger partial charge in [0.25, 0.3) is 0 Å². The van der Waals surface area contributed by atoms with Gasteiger partial charge in [-0.25, -0.2) is 0 Å². The lowest BCUT2D eigenvalue weighted by Gasteiger charge is -1.96. The molecular weight excluding hydrogens is 240 g/mol. The molecule has 118 valence electrons. The van der Waals surface area contributed by atoms with Crippen LogP contribution in [0.4, 0.5) is 0 Å². The second-order valence-corrected chi connectivity index (χ2v) is 5.93. The first-order valence-electron chi connectivity index (χ1n) is 9.21. The molecule has 0 spiro atoms. The smallest absolute Gasteiger partial charge is 0.0316 e. The molecule has 0 fully saturated rings. The fourth-order valence-electron chi connectivity index (χ4n) is 2.40. The van der Waals surface area contributed by atoms with Crippen LogP contribution >= 0.6 is 0 Å². The van der Waals surface area contributed by atoms with Gasteiger partial charge in [0.1, 0.15) is 0 Å². The van der Waals surface area contributed by atoms with E-state index in [9.17, 15) is 0 Å². The van der Waals surface area contributed by atoms with Crippen LogP contribution in [0.5, 0.6) is 0 Å². The molecule has 0 saturated heterocycles. The normalized spacial score (nSPS) is 11.9. The van der Waals surface area contributed by atoms with Gasteiger partial charge in [0, 0.05) is 0 Å². The molecule has 0 saturated carbocycles. The molecule has 0 atom stereocenters. The third-order valence-electron chi connectivity index (χ3n) is 3.78. The Hall–Kier alpha value is -0.520. The maximum Gasteiger partial charge on any atom is -0.0316 e. The molecule has 0 rings (SSSR count). The topological polar surface area (TPSA) is 0 Å². The molecule has 0 aliphatic rings. The standard InChI is InChI=1S/C20H38/c1-3-5-7-9-11-13-15-17-19-20-18-16-14-12-10-8-6-4-2/h15-18H,3-14,19-20H2,1-2H3/b17-15-,18-16-. The minimum atomic E-state index is 1.22. The first-order chi connectivity index (χ1) is 9.91. The Kier molecular flexibility index (Phi) is 18.0. The predicted molar refractivity (Wildman–Crippen MR) is 94.3 cm³/mol. The van der Waals surface area contributed by atoms with Crippen molar-refractivity contribution in [2.24, 2.45) is 0 Å². The summed E-state index contributed by atoms with van der Waals surface area (Å²) in [5.41, 5.74) is 0. The molecule has 0 amide bonds. The zero-order valence-electron chi connectivity index (χ0n) is 14.2. The summed E-state index contributed by atoms with van der Waals surface area (Å²) in [6, 6.07) is 0. The molecule has 0 unspecified atom stereocenters. The summed E-state index contributed by atoms with van der Waals surface area (Å²) in [4.78, 5) is 0. The van der Waals surface area contributed by atoms with Gasteiger partial charge in [-0.05, 0) is 38.5 Å². The van der Waals surface area contributed by atoms with Crippen LogP contribution in [-0.4, -0.2) is 0 Å². The molecule has 0 aromatic rings. The average Bonchev–Trinajstić information content (AvgIpc) is 2.47. The van der Waals surface area contributed by atoms with E-state index in [0.29, 0.717) is 0 Å². The van der Waals surface area contributed by atoms with E-state index in [1.54, 1.807) is 0 Å². The van der Waals surface area contributed by atoms with Crippen molar-refractivity contribution in [3.8, 4) is 0 Å². The van der Waals surface area contributed by atoms with Crippen molar-refractivity contribution >= 4 is 0 Å². The molecule has 0 radical (unpaired) electrons. The molecule has 0 aromatic carbocycles. The third kappa shape index (κ3) is 17.5. The van der Waals surface area contributed by atoms with Crippen LogP contribution in [0.15, 0.2) is 24.3 Å². The van der Waals surface area contributed by atoms with Crippen LogP contribution in [0.2, 0.25) is 0 Å². The molecule has 0 N–H and O–H groups in total. The zero-order chi connectivity index (χ0) is 14.7. The third-order valence-corrected chi connectivity index (χ3v) is 3.78. The van der Waals surface area contributed by atoms with Crippen molar-refractivity contribution in [3.05, 3.63) is 24.3 Å². The Morgan fingerprint density at radius 2 is 0.750 bits per heavy atom. The molecule has 0 nitrogen and oxygen atoms in total. The van der Waals surface area contributed by atoms with Crippen molar-refractivity contribution in [1.29, 1.82) is 0 Å². The van der Waals surface area contributed by atoms with Crippen LogP contribution in [0.3, 0.4) is 0 Å². The number of rotatable bonds is 15.